The lowest BCUT2D eigenvalue weighted by Crippen LogP contribution is -2.30. The highest BCUT2D eigenvalue weighted by Crippen LogP contribution is 2.39. The quantitative estimate of drug-likeness (QED) is 0.419. The number of imidazole rings is 1. The summed E-state index contributed by atoms with van der Waals surface area (Å²) in [6.07, 6.45) is 0. The molecule has 1 amide bonds. The molecule has 5 nitrogen and oxygen atoms in total. The minimum atomic E-state index is -0.288. The van der Waals surface area contributed by atoms with E-state index in [1.807, 2.05) is 55.5 Å². The van der Waals surface area contributed by atoms with E-state index in [0.29, 0.717) is 11.5 Å². The summed E-state index contributed by atoms with van der Waals surface area (Å²) in [5, 5.41) is 6.44. The van der Waals surface area contributed by atoms with E-state index < -0.39 is 0 Å². The van der Waals surface area contributed by atoms with Crippen LogP contribution in [0.5, 0.6) is 0 Å². The van der Waals surface area contributed by atoms with Crippen molar-refractivity contribution in [3.05, 3.63) is 101 Å². The Kier molecular flexibility index (Phi) is 5.02. The van der Waals surface area contributed by atoms with Crippen LogP contribution in [0.4, 0.5) is 11.6 Å². The molecule has 1 atom stereocenters. The lowest BCUT2D eigenvalue weighted by atomic mass is 9.92. The van der Waals surface area contributed by atoms with E-state index in [2.05, 4.69) is 59.4 Å². The molecule has 0 bridgehead atoms. The van der Waals surface area contributed by atoms with Crippen molar-refractivity contribution in [2.45, 2.75) is 32.7 Å². The van der Waals surface area contributed by atoms with Crippen LogP contribution in [0.1, 0.15) is 43.9 Å². The van der Waals surface area contributed by atoms with E-state index in [1.54, 1.807) is 0 Å². The third-order valence-electron chi connectivity index (χ3n) is 6.03. The lowest BCUT2D eigenvalue weighted by molar-refractivity contribution is -0.113. The summed E-state index contributed by atoms with van der Waals surface area (Å²) in [7, 11) is 0. The summed E-state index contributed by atoms with van der Waals surface area (Å²) in [6, 6.07) is 25.9. The summed E-state index contributed by atoms with van der Waals surface area (Å²) < 4.78 is 2.13. The number of carbonyl (C=O) groups is 1. The molecule has 0 unspecified atom stereocenters. The molecule has 1 aliphatic rings. The second-order valence-electron chi connectivity index (χ2n) is 8.50. The molecule has 32 heavy (non-hydrogen) atoms. The zero-order valence-electron chi connectivity index (χ0n) is 18.5. The molecule has 0 spiro atoms. The Hall–Kier alpha value is -3.86. The highest BCUT2D eigenvalue weighted by atomic mass is 16.1. The fourth-order valence-corrected chi connectivity index (χ4v) is 4.36. The highest BCUT2D eigenvalue weighted by molar-refractivity contribution is 6.06. The molecule has 0 saturated carbocycles. The zero-order valence-corrected chi connectivity index (χ0v) is 18.5. The number of rotatable bonds is 4. The van der Waals surface area contributed by atoms with Gasteiger partial charge in [0.1, 0.15) is 0 Å². The van der Waals surface area contributed by atoms with Crippen LogP contribution in [0.3, 0.4) is 0 Å². The molecule has 0 fully saturated rings. The van der Waals surface area contributed by atoms with Gasteiger partial charge in [0.15, 0.2) is 0 Å². The van der Waals surface area contributed by atoms with Gasteiger partial charge >= 0.3 is 0 Å². The van der Waals surface area contributed by atoms with E-state index in [-0.39, 0.29) is 11.9 Å². The van der Waals surface area contributed by atoms with Gasteiger partial charge in [0.2, 0.25) is 5.95 Å². The smallest absolute Gasteiger partial charge is 0.255 e. The van der Waals surface area contributed by atoms with Crippen molar-refractivity contribution >= 4 is 28.6 Å². The highest BCUT2D eigenvalue weighted by Gasteiger charge is 2.34. The van der Waals surface area contributed by atoms with Crippen molar-refractivity contribution in [1.29, 1.82) is 0 Å². The molecule has 5 heteroatoms. The predicted octanol–water partition coefficient (Wildman–Crippen LogP) is 6.09. The maximum absolute atomic E-state index is 13.6. The molecular weight excluding hydrogens is 396 g/mol. The number of carbonyl (C=O) groups excluding carboxylic acids is 1. The van der Waals surface area contributed by atoms with Crippen LogP contribution in [0, 0.1) is 0 Å². The number of anilines is 2. The molecule has 1 aromatic heterocycles. The SMILES string of the molecule is CC1=C(C(=O)Nc2ccccc2)[C@H](c2ccc(C(C)C)cc2)n2c(nc3ccccc32)N1. The van der Waals surface area contributed by atoms with Crippen LogP contribution in [-0.2, 0) is 4.79 Å². The molecule has 5 rings (SSSR count). The molecule has 2 N–H and O–H groups in total. The summed E-state index contributed by atoms with van der Waals surface area (Å²) in [5.41, 5.74) is 6.47. The molecule has 3 aromatic carbocycles. The molecule has 1 aliphatic heterocycles. The Morgan fingerprint density at radius 2 is 1.66 bits per heavy atom. The molecule has 2 heterocycles. The second-order valence-corrected chi connectivity index (χ2v) is 8.50. The number of aromatic nitrogens is 2. The summed E-state index contributed by atoms with van der Waals surface area (Å²) in [5.74, 6) is 1.07. The van der Waals surface area contributed by atoms with Crippen molar-refractivity contribution in [3.8, 4) is 0 Å². The van der Waals surface area contributed by atoms with Gasteiger partial charge in [0.05, 0.1) is 22.6 Å². The number of hydrogen-bond donors (Lipinski definition) is 2. The number of nitrogens with one attached hydrogen (secondary N) is 2. The summed E-state index contributed by atoms with van der Waals surface area (Å²) in [4.78, 5) is 18.4. The molecule has 160 valence electrons. The van der Waals surface area contributed by atoms with E-state index in [0.717, 1.165) is 33.9 Å². The van der Waals surface area contributed by atoms with Crippen LogP contribution in [-0.4, -0.2) is 15.5 Å². The number of allylic oxidation sites excluding steroid dienone is 1. The van der Waals surface area contributed by atoms with Gasteiger partial charge in [-0.3, -0.25) is 9.36 Å². The number of hydrogen-bond acceptors (Lipinski definition) is 3. The van der Waals surface area contributed by atoms with E-state index in [1.165, 1.54) is 5.56 Å². The first-order chi connectivity index (χ1) is 15.5. The van der Waals surface area contributed by atoms with Gasteiger partial charge in [-0.15, -0.1) is 0 Å². The second kappa shape index (κ2) is 8.00. The van der Waals surface area contributed by atoms with E-state index in [4.69, 9.17) is 4.98 Å². The Bertz CT molecular complexity index is 1320. The van der Waals surface area contributed by atoms with Crippen molar-refractivity contribution in [2.75, 3.05) is 10.6 Å². The number of fused-ring (bicyclic) bond motifs is 3. The predicted molar refractivity (Wildman–Crippen MR) is 130 cm³/mol. The largest absolute Gasteiger partial charge is 0.329 e. The Labute approximate surface area is 187 Å². The van der Waals surface area contributed by atoms with Gasteiger partial charge in [-0.05, 0) is 48.2 Å². The summed E-state index contributed by atoms with van der Waals surface area (Å²) >= 11 is 0. The zero-order chi connectivity index (χ0) is 22.2. The Balaban J connectivity index is 1.66. The van der Waals surface area contributed by atoms with Gasteiger partial charge in [0, 0.05) is 11.4 Å². The molecule has 4 aromatic rings. The van der Waals surface area contributed by atoms with Crippen LogP contribution in [0.25, 0.3) is 11.0 Å². The minimum Gasteiger partial charge on any atom is -0.329 e. The minimum absolute atomic E-state index is 0.123. The van der Waals surface area contributed by atoms with Crippen LogP contribution in [0.15, 0.2) is 90.1 Å². The normalized spacial score (nSPS) is 15.6. The standard InChI is InChI=1S/C27H26N4O/c1-17(2)19-13-15-20(16-14-19)25-24(26(32)29-21-9-5-4-6-10-21)18(3)28-27-30-22-11-7-8-12-23(22)31(25)27/h4-17,25H,1-3H3,(H,28,30)(H,29,32)/t25-/m0/s1. The first-order valence-electron chi connectivity index (χ1n) is 10.9. The average molecular weight is 423 g/mol. The topological polar surface area (TPSA) is 59.0 Å². The van der Waals surface area contributed by atoms with Crippen LogP contribution >= 0.6 is 0 Å². The van der Waals surface area contributed by atoms with E-state index in [9.17, 15) is 4.79 Å². The molecule has 0 radical (unpaired) electrons. The molecule has 0 aliphatic carbocycles. The Morgan fingerprint density at radius 1 is 0.969 bits per heavy atom. The average Bonchev–Trinajstić information content (AvgIpc) is 3.16. The Morgan fingerprint density at radius 3 is 2.38 bits per heavy atom. The van der Waals surface area contributed by atoms with Gasteiger partial charge in [0.25, 0.3) is 5.91 Å². The lowest BCUT2D eigenvalue weighted by Gasteiger charge is -2.31. The van der Waals surface area contributed by atoms with Crippen molar-refractivity contribution < 1.29 is 4.79 Å². The van der Waals surface area contributed by atoms with Gasteiger partial charge in [-0.1, -0.05) is 68.4 Å². The first-order valence-corrected chi connectivity index (χ1v) is 10.9. The van der Waals surface area contributed by atoms with Crippen molar-refractivity contribution in [1.82, 2.24) is 9.55 Å². The number of para-hydroxylation sites is 3. The van der Waals surface area contributed by atoms with Crippen LogP contribution in [0.2, 0.25) is 0 Å². The number of benzene rings is 3. The summed E-state index contributed by atoms with van der Waals surface area (Å²) in [6.45, 7) is 6.31. The van der Waals surface area contributed by atoms with Gasteiger partial charge in [-0.25, -0.2) is 4.98 Å². The van der Waals surface area contributed by atoms with E-state index >= 15 is 0 Å². The van der Waals surface area contributed by atoms with Gasteiger partial charge in [-0.2, -0.15) is 0 Å². The fraction of sp³-hybridized carbons (Fsp3) is 0.185. The fourth-order valence-electron chi connectivity index (χ4n) is 4.36. The van der Waals surface area contributed by atoms with Gasteiger partial charge < -0.3 is 10.6 Å². The number of nitrogens with zero attached hydrogens (tertiary/aromatic N) is 2. The molecule has 0 saturated heterocycles. The third-order valence-corrected chi connectivity index (χ3v) is 6.03. The van der Waals surface area contributed by atoms with Crippen LogP contribution < -0.4 is 10.6 Å². The van der Waals surface area contributed by atoms with Crippen molar-refractivity contribution in [3.63, 3.8) is 0 Å². The maximum Gasteiger partial charge on any atom is 0.255 e. The monoisotopic (exact) mass is 422 g/mol. The first kappa shape index (κ1) is 20.1. The van der Waals surface area contributed by atoms with Crippen molar-refractivity contribution in [2.24, 2.45) is 0 Å². The maximum atomic E-state index is 13.6. The molecular formula is C27H26N4O. The number of amides is 1. The third kappa shape index (κ3) is 3.46.